The molecule has 0 fully saturated rings. The first kappa shape index (κ1) is 19.5. The molecule has 1 N–H and O–H groups in total. The number of carboxylic acid groups (broad SMARTS) is 1. The fraction of sp³-hybridized carbons (Fsp3) is 0.118. The summed E-state index contributed by atoms with van der Waals surface area (Å²) >= 11 is 10.8. The fourth-order valence-electron chi connectivity index (χ4n) is 2.17. The van der Waals surface area contributed by atoms with Gasteiger partial charge in [-0.1, -0.05) is 27.5 Å². The number of carboxylic acids is 1. The largest absolute Gasteiger partial charge is 0.480 e. The molecule has 10 heteroatoms. The molecule has 0 aliphatic carbocycles. The molecule has 3 rings (SSSR count). The number of aromatic nitrogens is 3. The van der Waals surface area contributed by atoms with Crippen LogP contribution in [0.1, 0.15) is 0 Å². The van der Waals surface area contributed by atoms with E-state index in [9.17, 15) is 9.59 Å². The van der Waals surface area contributed by atoms with E-state index in [4.69, 9.17) is 21.4 Å². The summed E-state index contributed by atoms with van der Waals surface area (Å²) in [6.07, 6.45) is 1.47. The Morgan fingerprint density at radius 1 is 1.26 bits per heavy atom. The SMILES string of the molecule is O=C(O)COc1ccc(SCn2ncn(-c3ccc(Br)cc3)c2=O)cc1Cl. The average Bonchev–Trinajstić information content (AvgIpc) is 3.00. The predicted molar refractivity (Wildman–Crippen MR) is 106 cm³/mol. The third kappa shape index (κ3) is 4.94. The van der Waals surface area contributed by atoms with E-state index in [-0.39, 0.29) is 5.69 Å². The smallest absolute Gasteiger partial charge is 0.351 e. The minimum absolute atomic E-state index is 0.252. The molecule has 0 bridgehead atoms. The van der Waals surface area contributed by atoms with Gasteiger partial charge in [0.15, 0.2) is 6.61 Å². The summed E-state index contributed by atoms with van der Waals surface area (Å²) in [5.41, 5.74) is 0.472. The lowest BCUT2D eigenvalue weighted by Gasteiger charge is -2.07. The number of rotatable bonds is 7. The van der Waals surface area contributed by atoms with E-state index >= 15 is 0 Å². The van der Waals surface area contributed by atoms with Crippen molar-refractivity contribution in [2.75, 3.05) is 6.61 Å². The molecule has 0 saturated heterocycles. The maximum Gasteiger partial charge on any atom is 0.351 e. The Kier molecular flexibility index (Phi) is 6.25. The van der Waals surface area contributed by atoms with Crippen molar-refractivity contribution < 1.29 is 14.6 Å². The van der Waals surface area contributed by atoms with E-state index in [0.717, 1.165) is 15.1 Å². The van der Waals surface area contributed by atoms with Crippen molar-refractivity contribution in [3.8, 4) is 11.4 Å². The topological polar surface area (TPSA) is 86.3 Å². The molecule has 1 aromatic heterocycles. The Hall–Kier alpha value is -2.23. The first-order valence-corrected chi connectivity index (χ1v) is 9.77. The van der Waals surface area contributed by atoms with Gasteiger partial charge in [0.1, 0.15) is 12.1 Å². The van der Waals surface area contributed by atoms with E-state index < -0.39 is 12.6 Å². The van der Waals surface area contributed by atoms with Crippen LogP contribution in [0, 0.1) is 0 Å². The molecule has 0 amide bonds. The van der Waals surface area contributed by atoms with Gasteiger partial charge >= 0.3 is 11.7 Å². The van der Waals surface area contributed by atoms with Gasteiger partial charge in [-0.3, -0.25) is 0 Å². The van der Waals surface area contributed by atoms with Gasteiger partial charge in [-0.15, -0.1) is 11.8 Å². The summed E-state index contributed by atoms with van der Waals surface area (Å²) in [6.45, 7) is -0.463. The van der Waals surface area contributed by atoms with Gasteiger partial charge < -0.3 is 9.84 Å². The van der Waals surface area contributed by atoms with Gasteiger partial charge in [0, 0.05) is 9.37 Å². The number of nitrogens with zero attached hydrogens (tertiary/aromatic N) is 3. The van der Waals surface area contributed by atoms with Crippen molar-refractivity contribution in [2.45, 2.75) is 10.8 Å². The van der Waals surface area contributed by atoms with Gasteiger partial charge in [0.25, 0.3) is 0 Å². The third-order valence-corrected chi connectivity index (χ3v) is 5.23. The lowest BCUT2D eigenvalue weighted by atomic mass is 10.3. The molecule has 3 aromatic rings. The van der Waals surface area contributed by atoms with Crippen LogP contribution in [0.5, 0.6) is 5.75 Å². The Balaban J connectivity index is 1.68. The number of benzene rings is 2. The number of hydrogen-bond donors (Lipinski definition) is 1. The number of thioether (sulfide) groups is 1. The number of aliphatic carboxylic acids is 1. The molecule has 1 heterocycles. The van der Waals surface area contributed by atoms with Crippen molar-refractivity contribution in [2.24, 2.45) is 0 Å². The Morgan fingerprint density at radius 3 is 2.67 bits per heavy atom. The summed E-state index contributed by atoms with van der Waals surface area (Å²) in [4.78, 5) is 23.8. The van der Waals surface area contributed by atoms with Crippen molar-refractivity contribution >= 4 is 45.3 Å². The van der Waals surface area contributed by atoms with Gasteiger partial charge in [0.05, 0.1) is 16.6 Å². The Bertz CT molecular complexity index is 1020. The van der Waals surface area contributed by atoms with Gasteiger partial charge in [0.2, 0.25) is 0 Å². The molecule has 0 unspecified atom stereocenters. The molecular weight excluding hydrogens is 458 g/mol. The van der Waals surface area contributed by atoms with Gasteiger partial charge in [-0.05, 0) is 42.5 Å². The molecule has 0 spiro atoms. The maximum atomic E-state index is 12.5. The Labute approximate surface area is 171 Å². The lowest BCUT2D eigenvalue weighted by molar-refractivity contribution is -0.139. The van der Waals surface area contributed by atoms with Crippen LogP contribution >= 0.6 is 39.3 Å². The molecule has 2 aromatic carbocycles. The number of halogens is 2. The normalized spacial score (nSPS) is 10.7. The maximum absolute atomic E-state index is 12.5. The summed E-state index contributed by atoms with van der Waals surface area (Å²) < 4.78 is 8.81. The summed E-state index contributed by atoms with van der Waals surface area (Å²) in [5.74, 6) is -0.487. The minimum Gasteiger partial charge on any atom is -0.480 e. The fourth-order valence-corrected chi connectivity index (χ4v) is 3.55. The second-order valence-electron chi connectivity index (χ2n) is 5.31. The van der Waals surface area contributed by atoms with Crippen LogP contribution in [-0.2, 0) is 10.7 Å². The molecule has 0 radical (unpaired) electrons. The molecule has 0 atom stereocenters. The Morgan fingerprint density at radius 2 is 2.00 bits per heavy atom. The quantitative estimate of drug-likeness (QED) is 0.530. The van der Waals surface area contributed by atoms with E-state index in [0.29, 0.717) is 16.6 Å². The minimum atomic E-state index is -1.08. The standard InChI is InChI=1S/C17H13BrClN3O4S/c18-11-1-3-12(4-2-11)21-9-20-22(17(21)25)10-27-13-5-6-15(14(19)7-13)26-8-16(23)24/h1-7,9H,8,10H2,(H,23,24). The second-order valence-corrected chi connectivity index (χ2v) is 7.65. The highest BCUT2D eigenvalue weighted by Gasteiger charge is 2.09. The van der Waals surface area contributed by atoms with Crippen LogP contribution in [-0.4, -0.2) is 32.0 Å². The van der Waals surface area contributed by atoms with Gasteiger partial charge in [-0.2, -0.15) is 5.10 Å². The van der Waals surface area contributed by atoms with E-state index in [1.807, 2.05) is 24.3 Å². The molecule has 0 aliphatic heterocycles. The third-order valence-electron chi connectivity index (χ3n) is 3.45. The molecular formula is C17H13BrClN3O4S. The van der Waals surface area contributed by atoms with E-state index in [1.54, 1.807) is 18.2 Å². The van der Waals surface area contributed by atoms with Crippen LogP contribution in [0.2, 0.25) is 5.02 Å². The lowest BCUT2D eigenvalue weighted by Crippen LogP contribution is -2.23. The number of hydrogen-bond acceptors (Lipinski definition) is 5. The van der Waals surface area contributed by atoms with Crippen molar-refractivity contribution in [3.63, 3.8) is 0 Å². The van der Waals surface area contributed by atoms with Crippen molar-refractivity contribution in [1.82, 2.24) is 14.3 Å². The zero-order valence-electron chi connectivity index (χ0n) is 13.7. The number of ether oxygens (including phenoxy) is 1. The molecule has 140 valence electrons. The molecule has 0 saturated carbocycles. The van der Waals surface area contributed by atoms with Crippen LogP contribution in [0.15, 0.2) is 63.0 Å². The summed E-state index contributed by atoms with van der Waals surface area (Å²) in [6, 6.07) is 12.3. The summed E-state index contributed by atoms with van der Waals surface area (Å²) in [7, 11) is 0. The van der Waals surface area contributed by atoms with E-state index in [2.05, 4.69) is 21.0 Å². The first-order valence-electron chi connectivity index (χ1n) is 7.61. The van der Waals surface area contributed by atoms with E-state index in [1.165, 1.54) is 27.3 Å². The van der Waals surface area contributed by atoms with Crippen LogP contribution in [0.25, 0.3) is 5.69 Å². The monoisotopic (exact) mass is 469 g/mol. The first-order chi connectivity index (χ1) is 12.9. The highest BCUT2D eigenvalue weighted by molar-refractivity contribution is 9.10. The van der Waals surface area contributed by atoms with Crippen LogP contribution < -0.4 is 10.4 Å². The predicted octanol–water partition coefficient (Wildman–Crippen LogP) is 3.66. The zero-order chi connectivity index (χ0) is 19.4. The average molecular weight is 471 g/mol. The van der Waals surface area contributed by atoms with Crippen molar-refractivity contribution in [1.29, 1.82) is 0 Å². The highest BCUT2D eigenvalue weighted by Crippen LogP contribution is 2.30. The molecule has 7 nitrogen and oxygen atoms in total. The second kappa shape index (κ2) is 8.64. The number of carbonyl (C=O) groups is 1. The summed E-state index contributed by atoms with van der Waals surface area (Å²) in [5, 5.41) is 13.1. The highest BCUT2D eigenvalue weighted by atomic mass is 79.9. The van der Waals surface area contributed by atoms with Crippen molar-refractivity contribution in [3.05, 3.63) is 68.8 Å². The van der Waals surface area contributed by atoms with Gasteiger partial charge in [-0.25, -0.2) is 18.8 Å². The molecule has 0 aliphatic rings. The van der Waals surface area contributed by atoms with Crippen LogP contribution in [0.3, 0.4) is 0 Å². The van der Waals surface area contributed by atoms with Crippen LogP contribution in [0.4, 0.5) is 0 Å². The zero-order valence-corrected chi connectivity index (χ0v) is 16.9. The molecule has 27 heavy (non-hydrogen) atoms.